The van der Waals surface area contributed by atoms with Crippen LogP contribution in [0.3, 0.4) is 0 Å². The standard InChI is InChI=1S/C29H48O3S/c1-6-29(32,7-2)16-9-17-33-21(4)25-13-14-26-22(10-8-15-28(25,26)5)11-12-23-18-24(30)19-27(31)20(23)3/h11-12,21,24-27,30-32H,3,6-10,13-19H2,1-2,4-5H3/t21-,24-,25-,26+,27+,28-/m1/s1. The molecule has 0 bridgehead atoms. The summed E-state index contributed by atoms with van der Waals surface area (Å²) in [6.07, 6.45) is 14.4. The monoisotopic (exact) mass is 476 g/mol. The maximum absolute atomic E-state index is 10.6. The van der Waals surface area contributed by atoms with Crippen LogP contribution in [0.15, 0.2) is 35.5 Å². The Morgan fingerprint density at radius 3 is 2.64 bits per heavy atom. The van der Waals surface area contributed by atoms with Gasteiger partial charge in [-0.1, -0.05) is 52.0 Å². The first kappa shape index (κ1) is 27.0. The average Bonchev–Trinajstić information content (AvgIpc) is 3.15. The zero-order valence-electron chi connectivity index (χ0n) is 21.5. The van der Waals surface area contributed by atoms with E-state index in [1.54, 1.807) is 5.57 Å². The summed E-state index contributed by atoms with van der Waals surface area (Å²) in [5.74, 6) is 2.53. The van der Waals surface area contributed by atoms with Crippen LogP contribution in [-0.4, -0.2) is 44.1 Å². The molecule has 0 unspecified atom stereocenters. The lowest BCUT2D eigenvalue weighted by molar-refractivity contribution is 0.0232. The average molecular weight is 477 g/mol. The van der Waals surface area contributed by atoms with Gasteiger partial charge in [0.05, 0.1) is 17.8 Å². The highest BCUT2D eigenvalue weighted by molar-refractivity contribution is 7.99. The fourth-order valence-electron chi connectivity index (χ4n) is 6.91. The number of rotatable bonds is 9. The topological polar surface area (TPSA) is 60.7 Å². The second kappa shape index (κ2) is 11.5. The largest absolute Gasteiger partial charge is 0.393 e. The zero-order chi connectivity index (χ0) is 24.2. The Hall–Kier alpha value is -0.550. The van der Waals surface area contributed by atoms with Gasteiger partial charge in [0, 0.05) is 11.7 Å². The summed E-state index contributed by atoms with van der Waals surface area (Å²) in [5, 5.41) is 31.5. The Balaban J connectivity index is 1.62. The molecule has 3 aliphatic rings. The molecule has 0 aromatic rings. The maximum Gasteiger partial charge on any atom is 0.0811 e. The molecule has 0 aliphatic heterocycles. The van der Waals surface area contributed by atoms with Gasteiger partial charge in [-0.2, -0.15) is 11.8 Å². The summed E-state index contributed by atoms with van der Waals surface area (Å²) in [6, 6.07) is 0. The molecule has 0 aromatic carbocycles. The second-order valence-corrected chi connectivity index (χ2v) is 12.8. The Morgan fingerprint density at radius 1 is 1.21 bits per heavy atom. The van der Waals surface area contributed by atoms with Crippen molar-refractivity contribution in [3.8, 4) is 0 Å². The first-order valence-corrected chi connectivity index (χ1v) is 14.5. The molecule has 3 fully saturated rings. The van der Waals surface area contributed by atoms with Crippen molar-refractivity contribution in [3.63, 3.8) is 0 Å². The van der Waals surface area contributed by atoms with Gasteiger partial charge in [0.15, 0.2) is 0 Å². The van der Waals surface area contributed by atoms with Gasteiger partial charge < -0.3 is 15.3 Å². The van der Waals surface area contributed by atoms with Crippen LogP contribution in [0.2, 0.25) is 0 Å². The number of aliphatic hydroxyl groups excluding tert-OH is 2. The number of allylic oxidation sites excluding steroid dienone is 3. The summed E-state index contributed by atoms with van der Waals surface area (Å²) in [7, 11) is 0. The summed E-state index contributed by atoms with van der Waals surface area (Å²) in [4.78, 5) is 0. The lowest BCUT2D eigenvalue weighted by Crippen LogP contribution is -2.37. The molecule has 0 aromatic heterocycles. The minimum Gasteiger partial charge on any atom is -0.393 e. The molecule has 33 heavy (non-hydrogen) atoms. The lowest BCUT2D eigenvalue weighted by Gasteiger charge is -2.44. The van der Waals surface area contributed by atoms with E-state index < -0.39 is 17.8 Å². The van der Waals surface area contributed by atoms with E-state index in [0.29, 0.717) is 29.4 Å². The summed E-state index contributed by atoms with van der Waals surface area (Å²) < 4.78 is 0. The molecule has 0 heterocycles. The molecule has 188 valence electrons. The van der Waals surface area contributed by atoms with Gasteiger partial charge in [0.25, 0.3) is 0 Å². The molecule has 3 aliphatic carbocycles. The molecule has 3 N–H and O–H groups in total. The van der Waals surface area contributed by atoms with Crippen LogP contribution >= 0.6 is 11.8 Å². The third-order valence-corrected chi connectivity index (χ3v) is 10.7. The second-order valence-electron chi connectivity index (χ2n) is 11.3. The Kier molecular flexibility index (Phi) is 9.39. The van der Waals surface area contributed by atoms with E-state index in [9.17, 15) is 15.3 Å². The first-order valence-electron chi connectivity index (χ1n) is 13.4. The van der Waals surface area contributed by atoms with Crippen LogP contribution in [0.5, 0.6) is 0 Å². The quantitative estimate of drug-likeness (QED) is 0.329. The highest BCUT2D eigenvalue weighted by Crippen LogP contribution is 2.59. The molecule has 4 heteroatoms. The maximum atomic E-state index is 10.6. The SMILES string of the molecule is C=C1C(=CC=C2CCC[C@]3(C)[C@@H]([C@@H](C)SCCCC(O)(CC)CC)CC[C@@H]23)C[C@@H](O)C[C@@H]1O. The fourth-order valence-corrected chi connectivity index (χ4v) is 8.27. The van der Waals surface area contributed by atoms with Crippen molar-refractivity contribution in [3.05, 3.63) is 35.5 Å². The number of fused-ring (bicyclic) bond motifs is 1. The number of thioether (sulfide) groups is 1. The number of aliphatic hydroxyl groups is 3. The summed E-state index contributed by atoms with van der Waals surface area (Å²) in [6.45, 7) is 13.2. The molecule has 3 saturated carbocycles. The Bertz CT molecular complexity index is 737. The third kappa shape index (κ3) is 6.18. The Morgan fingerprint density at radius 2 is 1.94 bits per heavy atom. The van der Waals surface area contributed by atoms with Crippen LogP contribution in [0.25, 0.3) is 0 Å². The normalized spacial score (nSPS) is 36.4. The van der Waals surface area contributed by atoms with E-state index in [1.165, 1.54) is 32.1 Å². The molecule has 0 radical (unpaired) electrons. The highest BCUT2D eigenvalue weighted by atomic mass is 32.2. The van der Waals surface area contributed by atoms with Crippen molar-refractivity contribution in [2.75, 3.05) is 5.75 Å². The van der Waals surface area contributed by atoms with Crippen LogP contribution in [0.1, 0.15) is 98.3 Å². The Labute approximate surface area is 206 Å². The van der Waals surface area contributed by atoms with Gasteiger partial charge in [-0.15, -0.1) is 0 Å². The molecule has 0 amide bonds. The van der Waals surface area contributed by atoms with E-state index in [-0.39, 0.29) is 0 Å². The molecular weight excluding hydrogens is 428 g/mol. The van der Waals surface area contributed by atoms with Crippen LogP contribution < -0.4 is 0 Å². The van der Waals surface area contributed by atoms with E-state index in [4.69, 9.17) is 0 Å². The minimum absolute atomic E-state index is 0.366. The van der Waals surface area contributed by atoms with Gasteiger partial charge in [-0.3, -0.25) is 0 Å². The predicted molar refractivity (Wildman–Crippen MR) is 141 cm³/mol. The number of hydrogen-bond donors (Lipinski definition) is 3. The van der Waals surface area contributed by atoms with Crippen molar-refractivity contribution in [2.24, 2.45) is 17.3 Å². The van der Waals surface area contributed by atoms with Crippen molar-refractivity contribution >= 4 is 11.8 Å². The van der Waals surface area contributed by atoms with E-state index in [1.807, 2.05) is 0 Å². The van der Waals surface area contributed by atoms with Crippen LogP contribution in [0.4, 0.5) is 0 Å². The number of hydrogen-bond acceptors (Lipinski definition) is 4. The minimum atomic E-state index is -0.616. The van der Waals surface area contributed by atoms with Gasteiger partial charge in [0.1, 0.15) is 0 Å². The third-order valence-electron chi connectivity index (χ3n) is 9.35. The van der Waals surface area contributed by atoms with Gasteiger partial charge >= 0.3 is 0 Å². The zero-order valence-corrected chi connectivity index (χ0v) is 22.3. The first-order chi connectivity index (χ1) is 15.6. The van der Waals surface area contributed by atoms with Gasteiger partial charge in [0.2, 0.25) is 0 Å². The molecule has 3 nitrogen and oxygen atoms in total. The van der Waals surface area contributed by atoms with Crippen molar-refractivity contribution in [2.45, 2.75) is 121 Å². The fraction of sp³-hybridized carbons (Fsp3) is 0.793. The van der Waals surface area contributed by atoms with Crippen molar-refractivity contribution < 1.29 is 15.3 Å². The molecule has 6 atom stereocenters. The van der Waals surface area contributed by atoms with Crippen molar-refractivity contribution in [1.82, 2.24) is 0 Å². The van der Waals surface area contributed by atoms with Crippen LogP contribution in [-0.2, 0) is 0 Å². The molecule has 0 saturated heterocycles. The van der Waals surface area contributed by atoms with Crippen LogP contribution in [0, 0.1) is 17.3 Å². The molecule has 0 spiro atoms. The van der Waals surface area contributed by atoms with Gasteiger partial charge in [-0.05, 0) is 98.4 Å². The smallest absolute Gasteiger partial charge is 0.0811 e. The predicted octanol–water partition coefficient (Wildman–Crippen LogP) is 6.58. The van der Waals surface area contributed by atoms with E-state index in [2.05, 4.69) is 58.2 Å². The van der Waals surface area contributed by atoms with E-state index in [0.717, 1.165) is 48.5 Å². The summed E-state index contributed by atoms with van der Waals surface area (Å²) in [5.41, 5.74) is 3.25. The molecular formula is C29H48O3S. The van der Waals surface area contributed by atoms with Gasteiger partial charge in [-0.25, -0.2) is 0 Å². The molecule has 3 rings (SSSR count). The highest BCUT2D eigenvalue weighted by Gasteiger charge is 2.50. The van der Waals surface area contributed by atoms with Crippen molar-refractivity contribution in [1.29, 1.82) is 0 Å². The van der Waals surface area contributed by atoms with E-state index >= 15 is 0 Å². The summed E-state index contributed by atoms with van der Waals surface area (Å²) >= 11 is 2.12. The lowest BCUT2D eigenvalue weighted by atomic mass is 9.63.